The highest BCUT2D eigenvalue weighted by atomic mass is 16.6. The van der Waals surface area contributed by atoms with Gasteiger partial charge in [-0.3, -0.25) is 4.90 Å². The van der Waals surface area contributed by atoms with Crippen molar-refractivity contribution in [2.75, 3.05) is 46.3 Å². The minimum atomic E-state index is -0.463. The first-order chi connectivity index (χ1) is 13.8. The van der Waals surface area contributed by atoms with Crippen molar-refractivity contribution in [1.82, 2.24) is 14.7 Å². The van der Waals surface area contributed by atoms with Crippen LogP contribution in [0.5, 0.6) is 0 Å². The fourth-order valence-electron chi connectivity index (χ4n) is 4.28. The van der Waals surface area contributed by atoms with Crippen LogP contribution in [0.4, 0.5) is 4.79 Å². The molecule has 3 rings (SSSR count). The Kier molecular flexibility index (Phi) is 6.81. The van der Waals surface area contributed by atoms with Gasteiger partial charge in [0.25, 0.3) is 0 Å². The first kappa shape index (κ1) is 21.6. The third-order valence-electron chi connectivity index (χ3n) is 5.86. The number of piperazine rings is 1. The van der Waals surface area contributed by atoms with Gasteiger partial charge in [-0.05, 0) is 76.9 Å². The van der Waals surface area contributed by atoms with Crippen molar-refractivity contribution in [3.8, 4) is 6.07 Å². The van der Waals surface area contributed by atoms with Gasteiger partial charge in [0.2, 0.25) is 0 Å². The molecule has 158 valence electrons. The Morgan fingerprint density at radius 3 is 2.38 bits per heavy atom. The maximum absolute atomic E-state index is 12.3. The predicted octanol–water partition coefficient (Wildman–Crippen LogP) is 3.42. The van der Waals surface area contributed by atoms with Crippen LogP contribution in [0.2, 0.25) is 0 Å². The van der Waals surface area contributed by atoms with Crippen LogP contribution in [0.15, 0.2) is 18.2 Å². The normalized spacial score (nSPS) is 19.8. The van der Waals surface area contributed by atoms with Gasteiger partial charge in [0, 0.05) is 32.7 Å². The summed E-state index contributed by atoms with van der Waals surface area (Å²) in [6, 6.07) is 8.56. The Bertz CT molecular complexity index is 749. The van der Waals surface area contributed by atoms with Crippen LogP contribution in [-0.4, -0.2) is 72.7 Å². The molecule has 2 heterocycles. The second kappa shape index (κ2) is 9.15. The standard InChI is InChI=1S/C23H34N4O2/c1-23(2,3)29-22(28)27-14-12-26(13-15-27)17-20-7-5-6-19(16-24)21(20)18-8-10-25(4)11-9-18/h5-7,18H,8-15,17H2,1-4H3. The van der Waals surface area contributed by atoms with E-state index in [0.717, 1.165) is 51.1 Å². The van der Waals surface area contributed by atoms with E-state index in [2.05, 4.69) is 29.0 Å². The van der Waals surface area contributed by atoms with E-state index in [1.54, 1.807) is 4.90 Å². The number of amides is 1. The topological polar surface area (TPSA) is 59.8 Å². The molecule has 2 saturated heterocycles. The van der Waals surface area contributed by atoms with E-state index < -0.39 is 5.60 Å². The SMILES string of the molecule is CN1CCC(c2c(C#N)cccc2CN2CCN(C(=O)OC(C)(C)C)CC2)CC1. The van der Waals surface area contributed by atoms with Crippen LogP contribution < -0.4 is 0 Å². The van der Waals surface area contributed by atoms with E-state index in [0.29, 0.717) is 19.0 Å². The van der Waals surface area contributed by atoms with Crippen LogP contribution in [0.3, 0.4) is 0 Å². The highest BCUT2D eigenvalue weighted by Crippen LogP contribution is 2.33. The number of hydrogen-bond donors (Lipinski definition) is 0. The number of carbonyl (C=O) groups excluding carboxylic acids is 1. The number of nitriles is 1. The molecule has 0 N–H and O–H groups in total. The van der Waals surface area contributed by atoms with E-state index >= 15 is 0 Å². The Balaban J connectivity index is 1.66. The highest BCUT2D eigenvalue weighted by molar-refractivity contribution is 5.68. The Morgan fingerprint density at radius 2 is 1.79 bits per heavy atom. The molecular weight excluding hydrogens is 364 g/mol. The average molecular weight is 399 g/mol. The zero-order valence-electron chi connectivity index (χ0n) is 18.3. The van der Waals surface area contributed by atoms with E-state index in [1.807, 2.05) is 32.9 Å². The molecule has 29 heavy (non-hydrogen) atoms. The number of nitrogens with zero attached hydrogens (tertiary/aromatic N) is 4. The number of piperidine rings is 1. The molecule has 0 atom stereocenters. The average Bonchev–Trinajstić information content (AvgIpc) is 2.68. The van der Waals surface area contributed by atoms with E-state index in [4.69, 9.17) is 4.74 Å². The fraction of sp³-hybridized carbons (Fsp3) is 0.652. The lowest BCUT2D eigenvalue weighted by molar-refractivity contribution is 0.0138. The van der Waals surface area contributed by atoms with Crippen LogP contribution in [0, 0.1) is 11.3 Å². The molecular formula is C23H34N4O2. The molecule has 2 aliphatic rings. The van der Waals surface area contributed by atoms with Crippen molar-refractivity contribution in [2.45, 2.75) is 51.7 Å². The van der Waals surface area contributed by atoms with Crippen LogP contribution in [0.1, 0.15) is 56.2 Å². The first-order valence-electron chi connectivity index (χ1n) is 10.7. The highest BCUT2D eigenvalue weighted by Gasteiger charge is 2.28. The molecule has 2 fully saturated rings. The van der Waals surface area contributed by atoms with Gasteiger partial charge in [-0.25, -0.2) is 4.79 Å². The maximum atomic E-state index is 12.3. The molecule has 0 radical (unpaired) electrons. The molecule has 0 bridgehead atoms. The van der Waals surface area contributed by atoms with Gasteiger partial charge in [0.05, 0.1) is 11.6 Å². The molecule has 6 heteroatoms. The lowest BCUT2D eigenvalue weighted by Gasteiger charge is -2.36. The molecule has 6 nitrogen and oxygen atoms in total. The van der Waals surface area contributed by atoms with E-state index in [1.165, 1.54) is 11.1 Å². The second-order valence-electron chi connectivity index (χ2n) is 9.31. The number of rotatable bonds is 3. The van der Waals surface area contributed by atoms with Gasteiger partial charge in [0.15, 0.2) is 0 Å². The molecule has 0 aromatic heterocycles. The van der Waals surface area contributed by atoms with Crippen molar-refractivity contribution in [2.24, 2.45) is 0 Å². The molecule has 0 spiro atoms. The van der Waals surface area contributed by atoms with Gasteiger partial charge in [-0.15, -0.1) is 0 Å². The van der Waals surface area contributed by atoms with Crippen molar-refractivity contribution < 1.29 is 9.53 Å². The van der Waals surface area contributed by atoms with E-state index in [9.17, 15) is 10.1 Å². The molecule has 1 amide bonds. The van der Waals surface area contributed by atoms with Gasteiger partial charge in [0.1, 0.15) is 5.60 Å². The minimum absolute atomic E-state index is 0.226. The molecule has 1 aromatic carbocycles. The van der Waals surface area contributed by atoms with Crippen molar-refractivity contribution in [3.63, 3.8) is 0 Å². The fourth-order valence-corrected chi connectivity index (χ4v) is 4.28. The summed E-state index contributed by atoms with van der Waals surface area (Å²) in [4.78, 5) is 18.8. The first-order valence-corrected chi connectivity index (χ1v) is 10.7. The summed E-state index contributed by atoms with van der Waals surface area (Å²) in [5.41, 5.74) is 2.88. The summed E-state index contributed by atoms with van der Waals surface area (Å²) in [5.74, 6) is 0.458. The molecule has 0 unspecified atom stereocenters. The summed E-state index contributed by atoms with van der Waals surface area (Å²) < 4.78 is 5.50. The lowest BCUT2D eigenvalue weighted by Crippen LogP contribution is -2.49. The number of carbonyl (C=O) groups is 1. The largest absolute Gasteiger partial charge is 0.444 e. The van der Waals surface area contributed by atoms with Crippen LogP contribution in [0.25, 0.3) is 0 Å². The minimum Gasteiger partial charge on any atom is -0.444 e. The summed E-state index contributed by atoms with van der Waals surface area (Å²) in [6.07, 6.45) is 1.99. The smallest absolute Gasteiger partial charge is 0.410 e. The van der Waals surface area contributed by atoms with Gasteiger partial charge in [-0.1, -0.05) is 12.1 Å². The van der Waals surface area contributed by atoms with E-state index in [-0.39, 0.29) is 6.09 Å². The predicted molar refractivity (Wildman–Crippen MR) is 114 cm³/mol. The van der Waals surface area contributed by atoms with Crippen LogP contribution in [-0.2, 0) is 11.3 Å². The molecule has 2 aliphatic heterocycles. The number of likely N-dealkylation sites (tertiary alicyclic amines) is 1. The third-order valence-corrected chi connectivity index (χ3v) is 5.86. The number of hydrogen-bond acceptors (Lipinski definition) is 5. The van der Waals surface area contributed by atoms with Crippen molar-refractivity contribution >= 4 is 6.09 Å². The zero-order valence-corrected chi connectivity index (χ0v) is 18.3. The Morgan fingerprint density at radius 1 is 1.14 bits per heavy atom. The number of ether oxygens (including phenoxy) is 1. The lowest BCUT2D eigenvalue weighted by atomic mass is 9.83. The molecule has 0 aliphatic carbocycles. The summed E-state index contributed by atoms with van der Waals surface area (Å²) in [6.45, 7) is 11.7. The Labute approximate surface area is 175 Å². The Hall–Kier alpha value is -2.10. The van der Waals surface area contributed by atoms with Crippen LogP contribution >= 0.6 is 0 Å². The number of benzene rings is 1. The van der Waals surface area contributed by atoms with Gasteiger partial charge >= 0.3 is 6.09 Å². The van der Waals surface area contributed by atoms with Gasteiger partial charge < -0.3 is 14.5 Å². The third kappa shape index (κ3) is 5.71. The molecule has 0 saturated carbocycles. The second-order valence-corrected chi connectivity index (χ2v) is 9.31. The summed E-state index contributed by atoms with van der Waals surface area (Å²) >= 11 is 0. The monoisotopic (exact) mass is 398 g/mol. The molecule has 1 aromatic rings. The summed E-state index contributed by atoms with van der Waals surface area (Å²) in [5, 5.41) is 9.69. The van der Waals surface area contributed by atoms with Gasteiger partial charge in [-0.2, -0.15) is 5.26 Å². The zero-order chi connectivity index (χ0) is 21.0. The maximum Gasteiger partial charge on any atom is 0.410 e. The van der Waals surface area contributed by atoms with Crippen molar-refractivity contribution in [3.05, 3.63) is 34.9 Å². The summed E-state index contributed by atoms with van der Waals surface area (Å²) in [7, 11) is 2.16. The quantitative estimate of drug-likeness (QED) is 0.781. The van der Waals surface area contributed by atoms with Crippen molar-refractivity contribution in [1.29, 1.82) is 5.26 Å².